The first-order valence-electron chi connectivity index (χ1n) is 5.60. The van der Waals surface area contributed by atoms with Crippen molar-refractivity contribution in [3.63, 3.8) is 0 Å². The second-order valence-electron chi connectivity index (χ2n) is 4.50. The van der Waals surface area contributed by atoms with Gasteiger partial charge in [-0.05, 0) is 6.92 Å². The monoisotopic (exact) mass is 279 g/mol. The van der Waals surface area contributed by atoms with E-state index in [4.69, 9.17) is 0 Å². The molecule has 1 fully saturated rings. The second-order valence-corrected chi connectivity index (χ2v) is 6.38. The minimum absolute atomic E-state index is 0.0762. The minimum atomic E-state index is -3.75. The molecule has 0 spiro atoms. The third-order valence-corrected chi connectivity index (χ3v) is 4.91. The lowest BCUT2D eigenvalue weighted by atomic mass is 10.1. The van der Waals surface area contributed by atoms with Crippen LogP contribution in [-0.4, -0.2) is 41.3 Å². The van der Waals surface area contributed by atoms with Gasteiger partial charge in [0.1, 0.15) is 5.82 Å². The summed E-state index contributed by atoms with van der Waals surface area (Å²) >= 11 is 0. The topological polar surface area (TPSA) is 55.2 Å². The fourth-order valence-corrected chi connectivity index (χ4v) is 3.30. The molecule has 0 amide bonds. The third kappa shape index (κ3) is 2.39. The zero-order chi connectivity index (χ0) is 13.6. The Labute approximate surface area is 104 Å². The largest absolute Gasteiger partial charge is 0.337 e. The molecule has 1 aliphatic heterocycles. The van der Waals surface area contributed by atoms with E-state index in [0.717, 1.165) is 4.31 Å². The van der Waals surface area contributed by atoms with Crippen LogP contribution in [0.25, 0.3) is 0 Å². The molecule has 18 heavy (non-hydrogen) atoms. The summed E-state index contributed by atoms with van der Waals surface area (Å²) in [5.74, 6) is -2.19. The number of imidazole rings is 1. The number of alkyl halides is 2. The van der Waals surface area contributed by atoms with Crippen LogP contribution in [0.3, 0.4) is 0 Å². The van der Waals surface area contributed by atoms with Crippen LogP contribution in [0.2, 0.25) is 0 Å². The van der Waals surface area contributed by atoms with Gasteiger partial charge in [0, 0.05) is 39.2 Å². The Morgan fingerprint density at radius 1 is 1.33 bits per heavy atom. The van der Waals surface area contributed by atoms with Gasteiger partial charge >= 0.3 is 0 Å². The zero-order valence-corrected chi connectivity index (χ0v) is 11.0. The number of piperidine rings is 1. The van der Waals surface area contributed by atoms with Crippen LogP contribution < -0.4 is 0 Å². The summed E-state index contributed by atoms with van der Waals surface area (Å²) in [4.78, 5) is 3.94. The van der Waals surface area contributed by atoms with Gasteiger partial charge in [-0.15, -0.1) is 0 Å². The molecule has 0 atom stereocenters. The Balaban J connectivity index is 2.22. The first-order valence-corrected chi connectivity index (χ1v) is 7.04. The molecule has 1 aliphatic rings. The van der Waals surface area contributed by atoms with Crippen molar-refractivity contribution in [2.75, 3.05) is 13.1 Å². The number of hydrogen-bond donors (Lipinski definition) is 0. The Morgan fingerprint density at radius 3 is 2.33 bits per heavy atom. The van der Waals surface area contributed by atoms with Gasteiger partial charge in [0.25, 0.3) is 15.9 Å². The second kappa shape index (κ2) is 4.27. The molecule has 0 saturated carbocycles. The third-order valence-electron chi connectivity index (χ3n) is 3.14. The van der Waals surface area contributed by atoms with Crippen molar-refractivity contribution in [2.45, 2.75) is 30.7 Å². The van der Waals surface area contributed by atoms with Crippen molar-refractivity contribution in [1.82, 2.24) is 13.9 Å². The van der Waals surface area contributed by atoms with E-state index in [2.05, 4.69) is 4.98 Å². The van der Waals surface area contributed by atoms with Gasteiger partial charge in [0.15, 0.2) is 5.03 Å². The fraction of sp³-hybridized carbons (Fsp3) is 0.700. The first-order chi connectivity index (χ1) is 8.22. The van der Waals surface area contributed by atoms with E-state index in [-0.39, 0.29) is 18.1 Å². The van der Waals surface area contributed by atoms with E-state index in [1.54, 1.807) is 18.5 Å². The molecule has 2 rings (SSSR count). The van der Waals surface area contributed by atoms with Crippen LogP contribution in [0.15, 0.2) is 11.2 Å². The molecule has 0 unspecified atom stereocenters. The highest BCUT2D eigenvalue weighted by atomic mass is 32.2. The lowest BCUT2D eigenvalue weighted by Crippen LogP contribution is -2.42. The lowest BCUT2D eigenvalue weighted by Gasteiger charge is -2.30. The highest BCUT2D eigenvalue weighted by Gasteiger charge is 2.39. The van der Waals surface area contributed by atoms with Crippen LogP contribution in [0.1, 0.15) is 18.7 Å². The van der Waals surface area contributed by atoms with Crippen LogP contribution in [0.5, 0.6) is 0 Å². The molecule has 0 aromatic carbocycles. The molecule has 0 bridgehead atoms. The normalized spacial score (nSPS) is 21.1. The predicted molar refractivity (Wildman–Crippen MR) is 60.9 cm³/mol. The number of sulfonamides is 1. The van der Waals surface area contributed by atoms with Crippen LogP contribution >= 0.6 is 0 Å². The summed E-state index contributed by atoms with van der Waals surface area (Å²) < 4.78 is 53.0. The quantitative estimate of drug-likeness (QED) is 0.816. The fourth-order valence-electron chi connectivity index (χ4n) is 1.84. The van der Waals surface area contributed by atoms with Gasteiger partial charge in [-0.2, -0.15) is 4.31 Å². The predicted octanol–water partition coefficient (Wildman–Crippen LogP) is 1.15. The Bertz CT molecular complexity index is 524. The maximum absolute atomic E-state index is 13.0. The molecule has 5 nitrogen and oxygen atoms in total. The molecule has 1 aromatic heterocycles. The van der Waals surface area contributed by atoms with Crippen molar-refractivity contribution in [2.24, 2.45) is 7.05 Å². The Kier molecular flexibility index (Phi) is 3.18. The van der Waals surface area contributed by atoms with Crippen molar-refractivity contribution in [1.29, 1.82) is 0 Å². The standard InChI is InChI=1S/C10H15F2N3O2S/c1-8-13-9(7-14(8)2)18(16,17)15-5-3-10(11,12)4-6-15/h7H,3-6H2,1-2H3. The molecular formula is C10H15F2N3O2S. The highest BCUT2D eigenvalue weighted by molar-refractivity contribution is 7.89. The molecule has 0 N–H and O–H groups in total. The summed E-state index contributed by atoms with van der Waals surface area (Å²) in [6.07, 6.45) is 0.535. The Morgan fingerprint density at radius 2 is 1.89 bits per heavy atom. The van der Waals surface area contributed by atoms with Gasteiger partial charge in [-0.25, -0.2) is 22.2 Å². The molecule has 8 heteroatoms. The highest BCUT2D eigenvalue weighted by Crippen LogP contribution is 2.30. The van der Waals surface area contributed by atoms with Crippen LogP contribution in [0, 0.1) is 6.92 Å². The number of aromatic nitrogens is 2. The van der Waals surface area contributed by atoms with Gasteiger partial charge in [0.05, 0.1) is 0 Å². The van der Waals surface area contributed by atoms with Crippen LogP contribution in [-0.2, 0) is 17.1 Å². The molecule has 0 radical (unpaired) electrons. The Hall–Kier alpha value is -1.02. The summed E-state index contributed by atoms with van der Waals surface area (Å²) in [6.45, 7) is 1.36. The average Bonchev–Trinajstić information content (AvgIpc) is 2.59. The van der Waals surface area contributed by atoms with Gasteiger partial charge < -0.3 is 4.57 Å². The number of rotatable bonds is 2. The molecule has 1 saturated heterocycles. The van der Waals surface area contributed by atoms with E-state index in [9.17, 15) is 17.2 Å². The van der Waals surface area contributed by atoms with E-state index in [0.29, 0.717) is 5.82 Å². The lowest BCUT2D eigenvalue weighted by molar-refractivity contribution is -0.0412. The summed E-state index contributed by atoms with van der Waals surface area (Å²) in [5, 5.41) is -0.0762. The van der Waals surface area contributed by atoms with Gasteiger partial charge in [-0.1, -0.05) is 0 Å². The van der Waals surface area contributed by atoms with E-state index in [1.807, 2.05) is 0 Å². The van der Waals surface area contributed by atoms with Crippen LogP contribution in [0.4, 0.5) is 8.78 Å². The molecular weight excluding hydrogens is 264 g/mol. The van der Waals surface area contributed by atoms with E-state index in [1.165, 1.54) is 6.20 Å². The van der Waals surface area contributed by atoms with Crippen molar-refractivity contribution >= 4 is 10.0 Å². The summed E-state index contributed by atoms with van der Waals surface area (Å²) in [6, 6.07) is 0. The summed E-state index contributed by atoms with van der Waals surface area (Å²) in [5.41, 5.74) is 0. The van der Waals surface area contributed by atoms with Gasteiger partial charge in [-0.3, -0.25) is 0 Å². The number of hydrogen-bond acceptors (Lipinski definition) is 3. The van der Waals surface area contributed by atoms with E-state index >= 15 is 0 Å². The molecule has 0 aliphatic carbocycles. The van der Waals surface area contributed by atoms with Crippen molar-refractivity contribution < 1.29 is 17.2 Å². The number of aryl methyl sites for hydroxylation is 2. The molecule has 102 valence electrons. The maximum Gasteiger partial charge on any atom is 0.262 e. The number of halogens is 2. The van der Waals surface area contributed by atoms with E-state index < -0.39 is 28.8 Å². The minimum Gasteiger partial charge on any atom is -0.337 e. The average molecular weight is 279 g/mol. The molecule has 1 aromatic rings. The van der Waals surface area contributed by atoms with Gasteiger partial charge in [0.2, 0.25) is 0 Å². The SMILES string of the molecule is Cc1nc(S(=O)(=O)N2CCC(F)(F)CC2)cn1C. The first kappa shape index (κ1) is 13.4. The van der Waals surface area contributed by atoms with Crippen molar-refractivity contribution in [3.8, 4) is 0 Å². The number of nitrogens with zero attached hydrogens (tertiary/aromatic N) is 3. The van der Waals surface area contributed by atoms with Crippen molar-refractivity contribution in [3.05, 3.63) is 12.0 Å². The molecule has 2 heterocycles. The smallest absolute Gasteiger partial charge is 0.262 e. The zero-order valence-electron chi connectivity index (χ0n) is 10.2. The maximum atomic E-state index is 13.0. The summed E-state index contributed by atoms with van der Waals surface area (Å²) in [7, 11) is -2.06.